The fourth-order valence-corrected chi connectivity index (χ4v) is 2.91. The minimum Gasteiger partial charge on any atom is -0.424 e. The van der Waals surface area contributed by atoms with E-state index in [1.807, 2.05) is 19.1 Å². The first-order chi connectivity index (χ1) is 12.3. The maximum absolute atomic E-state index is 12.8. The molecule has 134 valence electrons. The summed E-state index contributed by atoms with van der Waals surface area (Å²) in [6, 6.07) is 13.1. The number of hydrogen-bond acceptors (Lipinski definition) is 4. The van der Waals surface area contributed by atoms with Gasteiger partial charge in [-0.2, -0.15) is 0 Å². The Kier molecular flexibility index (Phi) is 4.70. The fourth-order valence-electron chi connectivity index (χ4n) is 2.73. The molecule has 1 atom stereocenters. The van der Waals surface area contributed by atoms with Gasteiger partial charge < -0.3 is 10.1 Å². The van der Waals surface area contributed by atoms with Crippen LogP contribution in [-0.2, 0) is 15.1 Å². The Labute approximate surface area is 155 Å². The summed E-state index contributed by atoms with van der Waals surface area (Å²) < 4.78 is 5.15. The van der Waals surface area contributed by atoms with Crippen LogP contribution in [0, 0.1) is 6.92 Å². The summed E-state index contributed by atoms with van der Waals surface area (Å²) in [7, 11) is 0. The highest BCUT2D eigenvalue weighted by molar-refractivity contribution is 6.32. The van der Waals surface area contributed by atoms with Gasteiger partial charge in [0, 0.05) is 0 Å². The zero-order chi connectivity index (χ0) is 18.9. The van der Waals surface area contributed by atoms with Gasteiger partial charge in [0.15, 0.2) is 0 Å². The van der Waals surface area contributed by atoms with E-state index in [9.17, 15) is 14.4 Å². The number of aryl methyl sites for hydroxylation is 1. The van der Waals surface area contributed by atoms with Crippen LogP contribution in [0.5, 0.6) is 5.75 Å². The second-order valence-corrected chi connectivity index (χ2v) is 6.62. The smallest absolute Gasteiger partial charge is 0.331 e. The summed E-state index contributed by atoms with van der Waals surface area (Å²) in [6.45, 7) is 3.03. The van der Waals surface area contributed by atoms with E-state index in [4.69, 9.17) is 16.3 Å². The van der Waals surface area contributed by atoms with Crippen molar-refractivity contribution in [1.29, 1.82) is 0 Å². The lowest BCUT2D eigenvalue weighted by molar-refractivity contribution is -0.140. The number of carbonyl (C=O) groups excluding carboxylic acids is 3. The molecule has 6 nitrogen and oxygen atoms in total. The van der Waals surface area contributed by atoms with Crippen molar-refractivity contribution in [3.05, 3.63) is 64.7 Å². The number of amides is 3. The van der Waals surface area contributed by atoms with E-state index in [1.54, 1.807) is 37.3 Å². The van der Waals surface area contributed by atoms with Crippen molar-refractivity contribution < 1.29 is 19.1 Å². The predicted octanol–water partition coefficient (Wildman–Crippen LogP) is 3.02. The number of benzene rings is 2. The van der Waals surface area contributed by atoms with Gasteiger partial charge in [-0.15, -0.1) is 0 Å². The van der Waals surface area contributed by atoms with Gasteiger partial charge in [-0.25, -0.2) is 9.59 Å². The third-order valence-electron chi connectivity index (χ3n) is 4.25. The van der Waals surface area contributed by atoms with Crippen molar-refractivity contribution in [3.63, 3.8) is 0 Å². The van der Waals surface area contributed by atoms with Gasteiger partial charge >= 0.3 is 12.0 Å². The number of imide groups is 1. The van der Waals surface area contributed by atoms with E-state index in [0.717, 1.165) is 10.5 Å². The largest absolute Gasteiger partial charge is 0.424 e. The quantitative estimate of drug-likeness (QED) is 0.508. The minimum absolute atomic E-state index is 0.174. The van der Waals surface area contributed by atoms with Crippen LogP contribution in [0.25, 0.3) is 0 Å². The fraction of sp³-hybridized carbons (Fsp3) is 0.211. The van der Waals surface area contributed by atoms with Crippen molar-refractivity contribution in [3.8, 4) is 5.75 Å². The van der Waals surface area contributed by atoms with Gasteiger partial charge in [-0.05, 0) is 31.5 Å². The number of halogens is 1. The summed E-state index contributed by atoms with van der Waals surface area (Å²) in [6.07, 6.45) is 0. The van der Waals surface area contributed by atoms with Gasteiger partial charge in [-0.1, -0.05) is 53.6 Å². The monoisotopic (exact) mass is 372 g/mol. The lowest BCUT2D eigenvalue weighted by Gasteiger charge is -2.22. The van der Waals surface area contributed by atoms with Crippen LogP contribution in [0.15, 0.2) is 48.5 Å². The molecular formula is C19H17ClN2O4. The number of ether oxygens (including phenoxy) is 1. The highest BCUT2D eigenvalue weighted by atomic mass is 35.5. The standard InChI is InChI=1S/C19H17ClN2O4/c1-12-7-9-13(10-8-12)19(2)17(24)22(18(25)21-19)11-16(23)26-15-6-4-3-5-14(15)20/h3-10H,11H2,1-2H3,(H,21,25). The third-order valence-corrected chi connectivity index (χ3v) is 4.56. The van der Waals surface area contributed by atoms with E-state index in [-0.39, 0.29) is 10.8 Å². The number of nitrogens with one attached hydrogen (secondary N) is 1. The molecule has 1 aliphatic rings. The van der Waals surface area contributed by atoms with Gasteiger partial charge in [0.2, 0.25) is 0 Å². The second kappa shape index (κ2) is 6.80. The Morgan fingerprint density at radius 3 is 2.46 bits per heavy atom. The molecule has 1 heterocycles. The zero-order valence-corrected chi connectivity index (χ0v) is 15.0. The molecule has 1 aliphatic heterocycles. The average Bonchev–Trinajstić information content (AvgIpc) is 2.82. The molecule has 0 radical (unpaired) electrons. The molecule has 2 aromatic carbocycles. The zero-order valence-electron chi connectivity index (χ0n) is 14.3. The lowest BCUT2D eigenvalue weighted by atomic mass is 9.91. The van der Waals surface area contributed by atoms with Gasteiger partial charge in [0.05, 0.1) is 5.02 Å². The van der Waals surface area contributed by atoms with Crippen LogP contribution in [0.1, 0.15) is 18.1 Å². The van der Waals surface area contributed by atoms with E-state index >= 15 is 0 Å². The Morgan fingerprint density at radius 2 is 1.81 bits per heavy atom. The molecule has 0 spiro atoms. The molecule has 2 aromatic rings. The molecule has 1 N–H and O–H groups in total. The number of hydrogen-bond donors (Lipinski definition) is 1. The van der Waals surface area contributed by atoms with E-state index in [0.29, 0.717) is 5.56 Å². The molecule has 3 rings (SSSR count). The Bertz CT molecular complexity index is 881. The second-order valence-electron chi connectivity index (χ2n) is 6.22. The third kappa shape index (κ3) is 3.28. The highest BCUT2D eigenvalue weighted by Gasteiger charge is 2.49. The summed E-state index contributed by atoms with van der Waals surface area (Å²) >= 11 is 5.94. The summed E-state index contributed by atoms with van der Waals surface area (Å²) in [5.41, 5.74) is 0.452. The molecule has 3 amide bonds. The Hall–Kier alpha value is -2.86. The SMILES string of the molecule is Cc1ccc(C2(C)NC(=O)N(CC(=O)Oc3ccccc3Cl)C2=O)cc1. The van der Waals surface area contributed by atoms with Crippen molar-refractivity contribution in [2.24, 2.45) is 0 Å². The van der Waals surface area contributed by atoms with Crippen molar-refractivity contribution in [2.75, 3.05) is 6.54 Å². The van der Waals surface area contributed by atoms with Crippen molar-refractivity contribution in [2.45, 2.75) is 19.4 Å². The predicted molar refractivity (Wildman–Crippen MR) is 95.9 cm³/mol. The lowest BCUT2D eigenvalue weighted by Crippen LogP contribution is -2.42. The van der Waals surface area contributed by atoms with Crippen molar-refractivity contribution >= 4 is 29.5 Å². The number of para-hydroxylation sites is 1. The molecule has 26 heavy (non-hydrogen) atoms. The first kappa shape index (κ1) is 17.9. The van der Waals surface area contributed by atoms with E-state index in [1.165, 1.54) is 6.07 Å². The summed E-state index contributed by atoms with van der Waals surface area (Å²) in [5.74, 6) is -1.09. The van der Waals surface area contributed by atoms with Crippen LogP contribution in [0.2, 0.25) is 5.02 Å². The maximum Gasteiger partial charge on any atom is 0.331 e. The molecule has 7 heteroatoms. The maximum atomic E-state index is 12.8. The van der Waals surface area contributed by atoms with Crippen LogP contribution >= 0.6 is 11.6 Å². The molecule has 0 bridgehead atoms. The Balaban J connectivity index is 1.76. The number of urea groups is 1. The van der Waals surface area contributed by atoms with E-state index in [2.05, 4.69) is 5.32 Å². The molecular weight excluding hydrogens is 356 g/mol. The average molecular weight is 373 g/mol. The molecule has 1 unspecified atom stereocenters. The molecule has 1 fully saturated rings. The summed E-state index contributed by atoms with van der Waals surface area (Å²) in [5, 5.41) is 2.92. The van der Waals surface area contributed by atoms with Crippen LogP contribution in [0.4, 0.5) is 4.79 Å². The first-order valence-electron chi connectivity index (χ1n) is 7.98. The number of esters is 1. The first-order valence-corrected chi connectivity index (χ1v) is 8.35. The molecule has 0 aromatic heterocycles. The normalized spacial score (nSPS) is 19.4. The van der Waals surface area contributed by atoms with Gasteiger partial charge in [-0.3, -0.25) is 9.69 Å². The number of rotatable bonds is 4. The number of nitrogens with zero attached hydrogens (tertiary/aromatic N) is 1. The van der Waals surface area contributed by atoms with Crippen LogP contribution in [-0.4, -0.2) is 29.4 Å². The summed E-state index contributed by atoms with van der Waals surface area (Å²) in [4.78, 5) is 38.0. The minimum atomic E-state index is -1.23. The Morgan fingerprint density at radius 1 is 1.15 bits per heavy atom. The topological polar surface area (TPSA) is 75.7 Å². The number of carbonyl (C=O) groups is 3. The van der Waals surface area contributed by atoms with Crippen LogP contribution < -0.4 is 10.1 Å². The van der Waals surface area contributed by atoms with Crippen LogP contribution in [0.3, 0.4) is 0 Å². The molecule has 1 saturated heterocycles. The highest BCUT2D eigenvalue weighted by Crippen LogP contribution is 2.29. The van der Waals surface area contributed by atoms with Gasteiger partial charge in [0.1, 0.15) is 17.8 Å². The van der Waals surface area contributed by atoms with E-state index < -0.39 is 30.0 Å². The molecule has 0 saturated carbocycles. The van der Waals surface area contributed by atoms with Crippen molar-refractivity contribution in [1.82, 2.24) is 10.2 Å². The van der Waals surface area contributed by atoms with Gasteiger partial charge in [0.25, 0.3) is 5.91 Å². The molecule has 0 aliphatic carbocycles.